The summed E-state index contributed by atoms with van der Waals surface area (Å²) in [5.41, 5.74) is 2.37. The minimum atomic E-state index is -0.113. The summed E-state index contributed by atoms with van der Waals surface area (Å²) in [5.74, 6) is 1.43. The van der Waals surface area contributed by atoms with Crippen LogP contribution in [0.4, 0.5) is 5.95 Å². The first-order valence-electron chi connectivity index (χ1n) is 9.97. The van der Waals surface area contributed by atoms with E-state index in [1.54, 1.807) is 6.20 Å². The Morgan fingerprint density at radius 2 is 2.18 bits per heavy atom. The first-order valence-corrected chi connectivity index (χ1v) is 9.97. The van der Waals surface area contributed by atoms with E-state index in [1.165, 1.54) is 0 Å². The molecule has 0 saturated carbocycles. The molecule has 0 unspecified atom stereocenters. The molecule has 7 nitrogen and oxygen atoms in total. The maximum Gasteiger partial charge on any atom is 0.252 e. The highest BCUT2D eigenvalue weighted by molar-refractivity contribution is 5.93. The Kier molecular flexibility index (Phi) is 4.08. The lowest BCUT2D eigenvalue weighted by Gasteiger charge is -2.29. The average molecular weight is 379 g/mol. The van der Waals surface area contributed by atoms with Crippen molar-refractivity contribution < 1.29 is 9.53 Å². The van der Waals surface area contributed by atoms with Crippen LogP contribution in [-0.2, 0) is 4.74 Å². The topological polar surface area (TPSA) is 80.2 Å². The van der Waals surface area contributed by atoms with Crippen molar-refractivity contribution in [3.8, 4) is 0 Å². The Morgan fingerprint density at radius 1 is 1.29 bits per heavy atom. The normalized spacial score (nSPS) is 30.5. The van der Waals surface area contributed by atoms with Gasteiger partial charge in [0.05, 0.1) is 23.8 Å². The van der Waals surface area contributed by atoms with Gasteiger partial charge in [-0.3, -0.25) is 9.78 Å². The number of carbonyl (C=O) groups excluding carboxylic acids is 1. The van der Waals surface area contributed by atoms with Crippen LogP contribution >= 0.6 is 0 Å². The smallest absolute Gasteiger partial charge is 0.252 e. The molecular weight excluding hydrogens is 354 g/mol. The highest BCUT2D eigenvalue weighted by Gasteiger charge is 2.63. The highest BCUT2D eigenvalue weighted by atomic mass is 16.5. The molecule has 4 atom stereocenters. The lowest BCUT2D eigenvalue weighted by Crippen LogP contribution is -2.41. The number of fused-ring (bicyclic) bond motifs is 1. The van der Waals surface area contributed by atoms with Crippen molar-refractivity contribution in [2.75, 3.05) is 24.5 Å². The number of aryl methyl sites for hydroxylation is 2. The van der Waals surface area contributed by atoms with Crippen LogP contribution in [0.25, 0.3) is 0 Å². The molecule has 5 rings (SSSR count). The summed E-state index contributed by atoms with van der Waals surface area (Å²) in [6, 6.07) is 5.60. The second-order valence-corrected chi connectivity index (χ2v) is 8.31. The van der Waals surface area contributed by atoms with E-state index in [2.05, 4.69) is 25.2 Å². The number of amides is 1. The van der Waals surface area contributed by atoms with Gasteiger partial charge in [-0.2, -0.15) is 0 Å². The maximum absolute atomic E-state index is 12.5. The molecule has 1 amide bonds. The van der Waals surface area contributed by atoms with Crippen molar-refractivity contribution in [2.24, 2.45) is 11.8 Å². The SMILES string of the molecule is Cc1ccc(C(=O)NC[C@H]2[C@H]3CN(c4nccc(C)n4)C[C@]34CC[C@H]2O4)cn1. The van der Waals surface area contributed by atoms with E-state index in [-0.39, 0.29) is 17.6 Å². The minimum Gasteiger partial charge on any atom is -0.369 e. The van der Waals surface area contributed by atoms with Gasteiger partial charge in [0.2, 0.25) is 5.95 Å². The van der Waals surface area contributed by atoms with Gasteiger partial charge in [-0.1, -0.05) is 0 Å². The van der Waals surface area contributed by atoms with Crippen molar-refractivity contribution in [3.05, 3.63) is 47.5 Å². The van der Waals surface area contributed by atoms with Gasteiger partial charge in [-0.25, -0.2) is 9.97 Å². The fraction of sp³-hybridized carbons (Fsp3) is 0.524. The number of aromatic nitrogens is 3. The van der Waals surface area contributed by atoms with E-state index in [9.17, 15) is 4.79 Å². The molecule has 1 spiro atoms. The molecule has 3 saturated heterocycles. The number of hydrogen-bond donors (Lipinski definition) is 1. The number of pyridine rings is 1. The number of hydrogen-bond acceptors (Lipinski definition) is 6. The van der Waals surface area contributed by atoms with Gasteiger partial charge in [-0.05, 0) is 44.9 Å². The number of carbonyl (C=O) groups is 1. The fourth-order valence-electron chi connectivity index (χ4n) is 5.12. The predicted octanol–water partition coefficient (Wildman–Crippen LogP) is 1.90. The zero-order chi connectivity index (χ0) is 19.3. The highest BCUT2D eigenvalue weighted by Crippen LogP contribution is 2.54. The van der Waals surface area contributed by atoms with E-state index in [0.29, 0.717) is 23.9 Å². The number of nitrogens with zero attached hydrogens (tertiary/aromatic N) is 4. The molecule has 2 aromatic heterocycles. The van der Waals surface area contributed by atoms with E-state index in [1.807, 2.05) is 38.2 Å². The van der Waals surface area contributed by atoms with E-state index >= 15 is 0 Å². The van der Waals surface area contributed by atoms with Crippen LogP contribution in [0.1, 0.15) is 34.6 Å². The first-order chi connectivity index (χ1) is 13.5. The quantitative estimate of drug-likeness (QED) is 0.874. The summed E-state index contributed by atoms with van der Waals surface area (Å²) in [6.07, 6.45) is 5.83. The molecule has 2 aromatic rings. The molecule has 28 heavy (non-hydrogen) atoms. The van der Waals surface area contributed by atoms with E-state index < -0.39 is 0 Å². The average Bonchev–Trinajstić information content (AvgIpc) is 3.35. The Morgan fingerprint density at radius 3 is 2.96 bits per heavy atom. The van der Waals surface area contributed by atoms with Crippen molar-refractivity contribution >= 4 is 11.9 Å². The lowest BCUT2D eigenvalue weighted by atomic mass is 9.73. The summed E-state index contributed by atoms with van der Waals surface area (Å²) >= 11 is 0. The Bertz CT molecular complexity index is 902. The molecule has 0 aliphatic carbocycles. The zero-order valence-corrected chi connectivity index (χ0v) is 16.3. The third-order valence-corrected chi connectivity index (χ3v) is 6.52. The Balaban J connectivity index is 1.29. The van der Waals surface area contributed by atoms with Crippen LogP contribution in [0.15, 0.2) is 30.6 Å². The summed E-state index contributed by atoms with van der Waals surface area (Å²) in [6.45, 7) is 6.25. The largest absolute Gasteiger partial charge is 0.369 e. The van der Waals surface area contributed by atoms with Crippen LogP contribution in [0.2, 0.25) is 0 Å². The molecule has 146 valence electrons. The summed E-state index contributed by atoms with van der Waals surface area (Å²) in [4.78, 5) is 28.0. The Hall–Kier alpha value is -2.54. The molecular formula is C21H25N5O2. The van der Waals surface area contributed by atoms with Crippen LogP contribution in [-0.4, -0.2) is 52.2 Å². The molecule has 3 aliphatic rings. The third kappa shape index (κ3) is 2.85. The summed E-state index contributed by atoms with van der Waals surface area (Å²) in [7, 11) is 0. The fourth-order valence-corrected chi connectivity index (χ4v) is 5.12. The molecule has 1 N–H and O–H groups in total. The number of rotatable bonds is 4. The Labute approximate surface area is 164 Å². The minimum absolute atomic E-state index is 0.0683. The van der Waals surface area contributed by atoms with Gasteiger partial charge in [0.1, 0.15) is 0 Å². The first kappa shape index (κ1) is 17.6. The molecule has 3 aliphatic heterocycles. The van der Waals surface area contributed by atoms with Crippen LogP contribution < -0.4 is 10.2 Å². The van der Waals surface area contributed by atoms with Crippen LogP contribution in [0, 0.1) is 25.7 Å². The predicted molar refractivity (Wildman–Crippen MR) is 104 cm³/mol. The van der Waals surface area contributed by atoms with Crippen molar-refractivity contribution in [1.29, 1.82) is 0 Å². The second kappa shape index (κ2) is 6.51. The van der Waals surface area contributed by atoms with E-state index in [4.69, 9.17) is 4.74 Å². The van der Waals surface area contributed by atoms with Crippen LogP contribution in [0.5, 0.6) is 0 Å². The van der Waals surface area contributed by atoms with Gasteiger partial charge in [-0.15, -0.1) is 0 Å². The monoisotopic (exact) mass is 379 g/mol. The maximum atomic E-state index is 12.5. The summed E-state index contributed by atoms with van der Waals surface area (Å²) in [5, 5.41) is 3.11. The lowest BCUT2D eigenvalue weighted by molar-refractivity contribution is 0.0141. The van der Waals surface area contributed by atoms with Crippen molar-refractivity contribution in [2.45, 2.75) is 38.4 Å². The second-order valence-electron chi connectivity index (χ2n) is 8.31. The molecule has 2 bridgehead atoms. The number of ether oxygens (including phenoxy) is 1. The molecule has 5 heterocycles. The van der Waals surface area contributed by atoms with Gasteiger partial charge in [0, 0.05) is 48.7 Å². The summed E-state index contributed by atoms with van der Waals surface area (Å²) < 4.78 is 6.47. The molecule has 0 aromatic carbocycles. The number of anilines is 1. The van der Waals surface area contributed by atoms with Gasteiger partial charge in [0.15, 0.2) is 0 Å². The molecule has 7 heteroatoms. The zero-order valence-electron chi connectivity index (χ0n) is 16.3. The van der Waals surface area contributed by atoms with Crippen LogP contribution in [0.3, 0.4) is 0 Å². The van der Waals surface area contributed by atoms with Gasteiger partial charge < -0.3 is 15.0 Å². The van der Waals surface area contributed by atoms with Crippen molar-refractivity contribution in [3.63, 3.8) is 0 Å². The molecule has 0 radical (unpaired) electrons. The number of nitrogens with one attached hydrogen (secondary N) is 1. The third-order valence-electron chi connectivity index (χ3n) is 6.52. The van der Waals surface area contributed by atoms with E-state index in [0.717, 1.165) is 43.3 Å². The van der Waals surface area contributed by atoms with Gasteiger partial charge in [0.25, 0.3) is 5.91 Å². The molecule has 3 fully saturated rings. The van der Waals surface area contributed by atoms with Gasteiger partial charge >= 0.3 is 0 Å². The standard InChI is InChI=1S/C21H25N5O2/c1-13-3-4-15(9-23-13)19(27)24-10-16-17-11-26(20-22-8-6-14(2)25-20)12-21(17)7-5-18(16)28-21/h3-4,6,8-9,16-18H,5,7,10-12H2,1-2H3,(H,24,27)/t16-,17+,18+,21+/m0/s1. The van der Waals surface area contributed by atoms with Crippen molar-refractivity contribution in [1.82, 2.24) is 20.3 Å².